The van der Waals surface area contributed by atoms with Crippen LogP contribution in [0.2, 0.25) is 0 Å². The summed E-state index contributed by atoms with van der Waals surface area (Å²) < 4.78 is 9.13. The highest BCUT2D eigenvalue weighted by atomic mass is 79.9. The fraction of sp³-hybridized carbons (Fsp3) is 0.438. The maximum Gasteiger partial charge on any atom is 0.130 e. The van der Waals surface area contributed by atoms with Crippen LogP contribution in [0.1, 0.15) is 38.1 Å². The Hall–Kier alpha value is -1.33. The molecule has 0 aliphatic heterocycles. The highest BCUT2D eigenvalue weighted by molar-refractivity contribution is 9.10. The first-order chi connectivity index (χ1) is 10.1. The van der Waals surface area contributed by atoms with Crippen molar-refractivity contribution in [1.82, 2.24) is 14.9 Å². The van der Waals surface area contributed by atoms with Gasteiger partial charge in [0.2, 0.25) is 0 Å². The number of benzene rings is 1. The summed E-state index contributed by atoms with van der Waals surface area (Å²) in [5, 5.41) is 3.33. The average molecular weight is 352 g/mol. The number of nitrogens with one attached hydrogen (secondary N) is 1. The monoisotopic (exact) mass is 351 g/mol. The second-order valence-corrected chi connectivity index (χ2v) is 6.06. The van der Waals surface area contributed by atoms with Crippen molar-refractivity contribution in [3.05, 3.63) is 46.5 Å². The zero-order valence-electron chi connectivity index (χ0n) is 12.8. The quantitative estimate of drug-likeness (QED) is 0.821. The van der Waals surface area contributed by atoms with E-state index in [1.54, 1.807) is 0 Å². The van der Waals surface area contributed by atoms with Crippen molar-refractivity contribution >= 4 is 15.9 Å². The van der Waals surface area contributed by atoms with Gasteiger partial charge in [-0.2, -0.15) is 0 Å². The van der Waals surface area contributed by atoms with Crippen molar-refractivity contribution in [3.63, 3.8) is 0 Å². The minimum Gasteiger partial charge on any atom is -0.487 e. The molecule has 21 heavy (non-hydrogen) atoms. The van der Waals surface area contributed by atoms with E-state index >= 15 is 0 Å². The predicted molar refractivity (Wildman–Crippen MR) is 88.5 cm³/mol. The van der Waals surface area contributed by atoms with E-state index in [2.05, 4.69) is 57.6 Å². The van der Waals surface area contributed by atoms with E-state index in [0.717, 1.165) is 29.0 Å². The standard InChI is InChI=1S/C16H22BrN3O/c1-4-18-8-13-7-15(5-6-16(13)17)21-10-14-9-19-11-20(14)12(2)3/h5-7,9,11-12,18H,4,8,10H2,1-3H3. The maximum atomic E-state index is 5.91. The Bertz CT molecular complexity index is 581. The molecular weight excluding hydrogens is 330 g/mol. The first kappa shape index (κ1) is 16.0. The normalized spacial score (nSPS) is 11.1. The topological polar surface area (TPSA) is 39.1 Å². The van der Waals surface area contributed by atoms with Crippen molar-refractivity contribution in [2.24, 2.45) is 0 Å². The highest BCUT2D eigenvalue weighted by Gasteiger charge is 2.07. The Balaban J connectivity index is 2.04. The number of halogens is 1. The van der Waals surface area contributed by atoms with Gasteiger partial charge in [-0.25, -0.2) is 4.98 Å². The van der Waals surface area contributed by atoms with Gasteiger partial charge in [0.05, 0.1) is 18.2 Å². The predicted octanol–water partition coefficient (Wildman–Crippen LogP) is 3.92. The maximum absolute atomic E-state index is 5.91. The van der Waals surface area contributed by atoms with Crippen molar-refractivity contribution in [2.45, 2.75) is 40.0 Å². The van der Waals surface area contributed by atoms with Crippen LogP contribution in [0.4, 0.5) is 0 Å². The number of hydrogen-bond acceptors (Lipinski definition) is 3. The lowest BCUT2D eigenvalue weighted by Crippen LogP contribution is -2.12. The van der Waals surface area contributed by atoms with Crippen LogP contribution in [0.3, 0.4) is 0 Å². The molecule has 0 amide bonds. The Morgan fingerprint density at radius 3 is 2.90 bits per heavy atom. The molecule has 2 aromatic rings. The lowest BCUT2D eigenvalue weighted by atomic mass is 10.2. The third-order valence-electron chi connectivity index (χ3n) is 3.27. The van der Waals surface area contributed by atoms with Crippen LogP contribution in [0.5, 0.6) is 5.75 Å². The zero-order valence-corrected chi connectivity index (χ0v) is 14.4. The lowest BCUT2D eigenvalue weighted by Gasteiger charge is -2.13. The summed E-state index contributed by atoms with van der Waals surface area (Å²) in [5.41, 5.74) is 2.29. The van der Waals surface area contributed by atoms with Crippen LogP contribution in [0, 0.1) is 0 Å². The van der Waals surface area contributed by atoms with Gasteiger partial charge >= 0.3 is 0 Å². The van der Waals surface area contributed by atoms with E-state index < -0.39 is 0 Å². The Kier molecular flexibility index (Phi) is 5.82. The number of nitrogens with zero attached hydrogens (tertiary/aromatic N) is 2. The molecule has 0 aliphatic rings. The summed E-state index contributed by atoms with van der Waals surface area (Å²) >= 11 is 3.57. The molecule has 1 N–H and O–H groups in total. The fourth-order valence-corrected chi connectivity index (χ4v) is 2.49. The third kappa shape index (κ3) is 4.32. The van der Waals surface area contributed by atoms with E-state index in [4.69, 9.17) is 4.74 Å². The number of imidazole rings is 1. The molecule has 114 valence electrons. The van der Waals surface area contributed by atoms with Gasteiger partial charge in [0.1, 0.15) is 12.4 Å². The van der Waals surface area contributed by atoms with E-state index in [-0.39, 0.29) is 0 Å². The van der Waals surface area contributed by atoms with Crippen LogP contribution < -0.4 is 10.1 Å². The first-order valence-corrected chi connectivity index (χ1v) is 8.03. The molecule has 2 rings (SSSR count). The number of hydrogen-bond donors (Lipinski definition) is 1. The van der Waals surface area contributed by atoms with Gasteiger partial charge in [0.15, 0.2) is 0 Å². The molecule has 0 radical (unpaired) electrons. The van der Waals surface area contributed by atoms with Crippen LogP contribution in [0.25, 0.3) is 0 Å². The van der Waals surface area contributed by atoms with Crippen molar-refractivity contribution in [2.75, 3.05) is 6.54 Å². The van der Waals surface area contributed by atoms with E-state index in [9.17, 15) is 0 Å². The minimum atomic E-state index is 0.389. The van der Waals surface area contributed by atoms with Gasteiger partial charge in [-0.05, 0) is 44.2 Å². The first-order valence-electron chi connectivity index (χ1n) is 7.24. The van der Waals surface area contributed by atoms with Crippen LogP contribution >= 0.6 is 15.9 Å². The Morgan fingerprint density at radius 2 is 2.19 bits per heavy atom. The molecule has 0 fully saturated rings. The minimum absolute atomic E-state index is 0.389. The van der Waals surface area contributed by atoms with Gasteiger partial charge in [0.25, 0.3) is 0 Å². The molecule has 1 aromatic carbocycles. The summed E-state index contributed by atoms with van der Waals surface area (Å²) in [4.78, 5) is 4.19. The van der Waals surface area contributed by atoms with E-state index in [1.807, 2.05) is 24.7 Å². The zero-order chi connectivity index (χ0) is 15.2. The van der Waals surface area contributed by atoms with Crippen LogP contribution in [-0.4, -0.2) is 16.1 Å². The van der Waals surface area contributed by atoms with Crippen LogP contribution in [-0.2, 0) is 13.2 Å². The smallest absolute Gasteiger partial charge is 0.130 e. The van der Waals surface area contributed by atoms with Crippen molar-refractivity contribution < 1.29 is 4.74 Å². The van der Waals surface area contributed by atoms with E-state index in [0.29, 0.717) is 12.6 Å². The molecule has 1 aromatic heterocycles. The Morgan fingerprint density at radius 1 is 1.38 bits per heavy atom. The molecule has 1 heterocycles. The summed E-state index contributed by atoms with van der Waals surface area (Å²) in [7, 11) is 0. The van der Waals surface area contributed by atoms with Gasteiger partial charge in [-0.3, -0.25) is 0 Å². The van der Waals surface area contributed by atoms with Gasteiger partial charge in [0, 0.05) is 17.1 Å². The molecule has 0 bridgehead atoms. The summed E-state index contributed by atoms with van der Waals surface area (Å²) in [6.45, 7) is 8.68. The summed E-state index contributed by atoms with van der Waals surface area (Å²) in [6, 6.07) is 6.47. The van der Waals surface area contributed by atoms with Crippen molar-refractivity contribution in [3.8, 4) is 5.75 Å². The van der Waals surface area contributed by atoms with Gasteiger partial charge in [-0.1, -0.05) is 22.9 Å². The largest absolute Gasteiger partial charge is 0.487 e. The molecule has 0 atom stereocenters. The number of ether oxygens (including phenoxy) is 1. The summed E-state index contributed by atoms with van der Waals surface area (Å²) in [5.74, 6) is 0.877. The summed E-state index contributed by atoms with van der Waals surface area (Å²) in [6.07, 6.45) is 3.71. The van der Waals surface area contributed by atoms with Crippen molar-refractivity contribution in [1.29, 1.82) is 0 Å². The molecular formula is C16H22BrN3O. The SMILES string of the molecule is CCNCc1cc(OCc2cncn2C(C)C)ccc1Br. The second-order valence-electron chi connectivity index (χ2n) is 5.21. The highest BCUT2D eigenvalue weighted by Crippen LogP contribution is 2.23. The van der Waals surface area contributed by atoms with E-state index in [1.165, 1.54) is 5.56 Å². The molecule has 0 saturated heterocycles. The number of aromatic nitrogens is 2. The molecule has 5 heteroatoms. The molecule has 0 saturated carbocycles. The average Bonchev–Trinajstić information content (AvgIpc) is 2.93. The fourth-order valence-electron chi connectivity index (χ4n) is 2.10. The molecule has 4 nitrogen and oxygen atoms in total. The Labute approximate surface area is 134 Å². The number of rotatable bonds is 7. The van der Waals surface area contributed by atoms with Crippen LogP contribution in [0.15, 0.2) is 35.2 Å². The molecule has 0 unspecified atom stereocenters. The van der Waals surface area contributed by atoms with Gasteiger partial charge < -0.3 is 14.6 Å². The lowest BCUT2D eigenvalue weighted by molar-refractivity contribution is 0.291. The third-order valence-corrected chi connectivity index (χ3v) is 4.05. The van der Waals surface area contributed by atoms with Gasteiger partial charge in [-0.15, -0.1) is 0 Å². The molecule has 0 spiro atoms. The second kappa shape index (κ2) is 7.61. The molecule has 0 aliphatic carbocycles.